The van der Waals surface area contributed by atoms with E-state index in [1.165, 1.54) is 51.4 Å². The Bertz CT molecular complexity index is 374. The van der Waals surface area contributed by atoms with Crippen LogP contribution in [0, 0.1) is 0 Å². The van der Waals surface area contributed by atoms with Crippen LogP contribution in [0.25, 0.3) is 0 Å². The van der Waals surface area contributed by atoms with E-state index in [1.807, 2.05) is 0 Å². The average Bonchev–Trinajstić information content (AvgIpc) is 2.65. The molecule has 0 aromatic carbocycles. The quantitative estimate of drug-likeness (QED) is 0.101. The largest absolute Gasteiger partial charge is 0.436 e. The first-order valence-electron chi connectivity index (χ1n) is 11.3. The summed E-state index contributed by atoms with van der Waals surface area (Å²) in [5.41, 5.74) is 0. The minimum Gasteiger partial charge on any atom is -0.436 e. The highest BCUT2D eigenvalue weighted by Crippen LogP contribution is 2.09. The Morgan fingerprint density at radius 2 is 1.37 bits per heavy atom. The lowest BCUT2D eigenvalue weighted by molar-refractivity contribution is -0.175. The zero-order valence-corrected chi connectivity index (χ0v) is 18.2. The van der Waals surface area contributed by atoms with Crippen LogP contribution in [0.15, 0.2) is 24.3 Å². The van der Waals surface area contributed by atoms with Gasteiger partial charge in [0, 0.05) is 6.42 Å². The number of carbonyl (C=O) groups excluding carboxylic acids is 1. The molecule has 3 nitrogen and oxygen atoms in total. The molecule has 0 heterocycles. The van der Waals surface area contributed by atoms with Crippen LogP contribution in [0.4, 0.5) is 0 Å². The van der Waals surface area contributed by atoms with Crippen molar-refractivity contribution in [3.8, 4) is 0 Å². The Labute approximate surface area is 168 Å². The van der Waals surface area contributed by atoms with Crippen molar-refractivity contribution in [3.63, 3.8) is 0 Å². The molecule has 0 fully saturated rings. The van der Waals surface area contributed by atoms with Gasteiger partial charge < -0.3 is 9.47 Å². The lowest BCUT2D eigenvalue weighted by Gasteiger charge is -2.13. The van der Waals surface area contributed by atoms with Crippen molar-refractivity contribution in [2.45, 2.75) is 117 Å². The Kier molecular flexibility index (Phi) is 20.4. The molecule has 0 bridgehead atoms. The van der Waals surface area contributed by atoms with Gasteiger partial charge in [0.15, 0.2) is 6.29 Å². The zero-order valence-electron chi connectivity index (χ0n) is 18.2. The number of hydrogen-bond donors (Lipinski definition) is 0. The highest BCUT2D eigenvalue weighted by atomic mass is 16.7. The standard InChI is InChI=1S/C24H44O3/c1-4-6-8-9-10-11-12-13-14-15-16-17-18-19-20-21-24(25)27-23(3)26-22-7-5-2/h10-11,13-14,23H,4-9,12,15-22H2,1-3H3/b11-10-,14-13-. The number of allylic oxidation sites excluding steroid dienone is 4. The fraction of sp³-hybridized carbons (Fsp3) is 0.792. The normalized spacial score (nSPS) is 12.9. The molecule has 0 amide bonds. The molecule has 0 saturated heterocycles. The SMILES string of the molecule is CCCCC/C=C\C/C=C\CCCCCCCC(=O)OC(C)OCCCC. The molecule has 0 N–H and O–H groups in total. The third kappa shape index (κ3) is 21.1. The molecule has 0 aliphatic rings. The summed E-state index contributed by atoms with van der Waals surface area (Å²) in [7, 11) is 0. The molecule has 0 spiro atoms. The summed E-state index contributed by atoms with van der Waals surface area (Å²) in [5.74, 6) is -0.135. The Morgan fingerprint density at radius 3 is 2.04 bits per heavy atom. The number of unbranched alkanes of at least 4 members (excludes halogenated alkanes) is 9. The van der Waals surface area contributed by atoms with Crippen LogP contribution in [0.3, 0.4) is 0 Å². The van der Waals surface area contributed by atoms with E-state index >= 15 is 0 Å². The predicted octanol–water partition coefficient (Wildman–Crippen LogP) is 7.51. The van der Waals surface area contributed by atoms with Crippen molar-refractivity contribution >= 4 is 5.97 Å². The van der Waals surface area contributed by atoms with Gasteiger partial charge in [0.2, 0.25) is 0 Å². The topological polar surface area (TPSA) is 35.5 Å². The summed E-state index contributed by atoms with van der Waals surface area (Å²) < 4.78 is 10.7. The zero-order chi connectivity index (χ0) is 20.0. The number of hydrogen-bond acceptors (Lipinski definition) is 3. The van der Waals surface area contributed by atoms with Gasteiger partial charge in [-0.05, 0) is 51.9 Å². The first-order valence-corrected chi connectivity index (χ1v) is 11.3. The minimum absolute atomic E-state index is 0.135. The van der Waals surface area contributed by atoms with E-state index in [2.05, 4.69) is 38.2 Å². The number of carbonyl (C=O) groups is 1. The first kappa shape index (κ1) is 25.9. The van der Waals surface area contributed by atoms with Crippen LogP contribution >= 0.6 is 0 Å². The van der Waals surface area contributed by atoms with Gasteiger partial charge in [0.05, 0.1) is 6.61 Å². The Morgan fingerprint density at radius 1 is 0.778 bits per heavy atom. The van der Waals surface area contributed by atoms with E-state index in [4.69, 9.17) is 9.47 Å². The molecular formula is C24H44O3. The molecule has 0 aliphatic carbocycles. The van der Waals surface area contributed by atoms with E-state index in [-0.39, 0.29) is 5.97 Å². The van der Waals surface area contributed by atoms with E-state index in [0.717, 1.165) is 32.1 Å². The van der Waals surface area contributed by atoms with E-state index in [0.29, 0.717) is 13.0 Å². The van der Waals surface area contributed by atoms with Gasteiger partial charge in [-0.15, -0.1) is 0 Å². The lowest BCUT2D eigenvalue weighted by atomic mass is 10.1. The van der Waals surface area contributed by atoms with E-state index in [9.17, 15) is 4.79 Å². The molecule has 1 atom stereocenters. The molecule has 27 heavy (non-hydrogen) atoms. The second kappa shape index (κ2) is 21.2. The fourth-order valence-corrected chi connectivity index (χ4v) is 2.75. The highest BCUT2D eigenvalue weighted by Gasteiger charge is 2.08. The summed E-state index contributed by atoms with van der Waals surface area (Å²) >= 11 is 0. The maximum atomic E-state index is 11.7. The number of ether oxygens (including phenoxy) is 2. The van der Waals surface area contributed by atoms with Crippen LogP contribution in [0.5, 0.6) is 0 Å². The van der Waals surface area contributed by atoms with Crippen molar-refractivity contribution in [1.29, 1.82) is 0 Å². The summed E-state index contributed by atoms with van der Waals surface area (Å²) in [6.07, 6.45) is 24.4. The van der Waals surface area contributed by atoms with Crippen LogP contribution in [0.1, 0.15) is 111 Å². The van der Waals surface area contributed by atoms with Gasteiger partial charge >= 0.3 is 5.97 Å². The predicted molar refractivity (Wildman–Crippen MR) is 116 cm³/mol. The van der Waals surface area contributed by atoms with Crippen LogP contribution in [0.2, 0.25) is 0 Å². The second-order valence-corrected chi connectivity index (χ2v) is 7.26. The molecule has 0 rings (SSSR count). The van der Waals surface area contributed by atoms with Crippen molar-refractivity contribution in [2.75, 3.05) is 6.61 Å². The fourth-order valence-electron chi connectivity index (χ4n) is 2.75. The van der Waals surface area contributed by atoms with Gasteiger partial charge in [-0.3, -0.25) is 4.79 Å². The van der Waals surface area contributed by atoms with Crippen LogP contribution < -0.4 is 0 Å². The Balaban J connectivity index is 3.36. The summed E-state index contributed by atoms with van der Waals surface area (Å²) in [6, 6.07) is 0. The van der Waals surface area contributed by atoms with Gasteiger partial charge in [-0.1, -0.05) is 76.7 Å². The smallest absolute Gasteiger partial charge is 0.308 e. The Hall–Kier alpha value is -1.09. The van der Waals surface area contributed by atoms with Gasteiger partial charge in [0.1, 0.15) is 0 Å². The van der Waals surface area contributed by atoms with Crippen molar-refractivity contribution in [3.05, 3.63) is 24.3 Å². The average molecular weight is 381 g/mol. The molecule has 158 valence electrons. The number of esters is 1. The molecule has 1 unspecified atom stereocenters. The van der Waals surface area contributed by atoms with Gasteiger partial charge in [-0.25, -0.2) is 0 Å². The maximum absolute atomic E-state index is 11.7. The molecule has 0 aromatic heterocycles. The third-order valence-corrected chi connectivity index (χ3v) is 4.48. The summed E-state index contributed by atoms with van der Waals surface area (Å²) in [6.45, 7) is 6.81. The summed E-state index contributed by atoms with van der Waals surface area (Å²) in [5, 5.41) is 0. The molecule has 0 aromatic rings. The maximum Gasteiger partial charge on any atom is 0.308 e. The highest BCUT2D eigenvalue weighted by molar-refractivity contribution is 5.69. The van der Waals surface area contributed by atoms with Crippen molar-refractivity contribution in [1.82, 2.24) is 0 Å². The van der Waals surface area contributed by atoms with Crippen LogP contribution in [-0.4, -0.2) is 18.9 Å². The van der Waals surface area contributed by atoms with E-state index < -0.39 is 6.29 Å². The van der Waals surface area contributed by atoms with Crippen molar-refractivity contribution in [2.24, 2.45) is 0 Å². The third-order valence-electron chi connectivity index (χ3n) is 4.48. The number of rotatable bonds is 19. The minimum atomic E-state index is -0.415. The molecule has 0 saturated carbocycles. The lowest BCUT2D eigenvalue weighted by Crippen LogP contribution is -2.18. The molecular weight excluding hydrogens is 336 g/mol. The van der Waals surface area contributed by atoms with Crippen LogP contribution in [-0.2, 0) is 14.3 Å². The van der Waals surface area contributed by atoms with Gasteiger partial charge in [-0.2, -0.15) is 0 Å². The van der Waals surface area contributed by atoms with Crippen molar-refractivity contribution < 1.29 is 14.3 Å². The summed E-state index contributed by atoms with van der Waals surface area (Å²) in [4.78, 5) is 11.7. The molecule has 3 heteroatoms. The van der Waals surface area contributed by atoms with E-state index in [1.54, 1.807) is 6.92 Å². The molecule has 0 aliphatic heterocycles. The second-order valence-electron chi connectivity index (χ2n) is 7.26. The molecule has 0 radical (unpaired) electrons. The first-order chi connectivity index (χ1) is 13.2. The monoisotopic (exact) mass is 380 g/mol. The van der Waals surface area contributed by atoms with Gasteiger partial charge in [0.25, 0.3) is 0 Å².